The molecule has 2 aromatic rings. The standard InChI is InChI=1S/C27H26F3NO3/c1-33-16-4-2-15(3-5-16)26(32)14-34-17-6-9-25(24(10-17)27(28,29)30)31-12-22-18-7-8-19(23(22)13-31)21-11-20(18)21/h2-10,18-23H,11-14H2,1H3/t18-,19+,20+,21-,22-,23+. The minimum atomic E-state index is -4.51. The van der Waals surface area contributed by atoms with Gasteiger partial charge in [-0.1, -0.05) is 12.2 Å². The number of hydrogen-bond acceptors (Lipinski definition) is 4. The first-order valence-corrected chi connectivity index (χ1v) is 11.8. The first-order chi connectivity index (χ1) is 16.3. The fraction of sp³-hybridized carbons (Fsp3) is 0.444. The maximum absolute atomic E-state index is 14.0. The zero-order valence-corrected chi connectivity index (χ0v) is 18.8. The number of Topliss-reactive ketones (excluding diaryl/α,β-unsaturated/α-hetero) is 1. The summed E-state index contributed by atoms with van der Waals surface area (Å²) in [6.45, 7) is 0.992. The number of benzene rings is 2. The molecule has 7 rings (SSSR count). The number of rotatable bonds is 6. The largest absolute Gasteiger partial charge is 0.497 e. The normalized spacial score (nSPS) is 30.6. The number of methoxy groups -OCH3 is 1. The molecular formula is C27H26F3NO3. The van der Waals surface area contributed by atoms with Crippen LogP contribution in [0.5, 0.6) is 11.5 Å². The first kappa shape index (κ1) is 21.6. The predicted molar refractivity (Wildman–Crippen MR) is 121 cm³/mol. The Morgan fingerprint density at radius 1 is 0.941 bits per heavy atom. The summed E-state index contributed by atoms with van der Waals surface area (Å²) in [6.07, 6.45) is 1.42. The minimum Gasteiger partial charge on any atom is -0.497 e. The molecule has 6 atom stereocenters. The zero-order chi connectivity index (χ0) is 23.6. The molecule has 0 spiro atoms. The van der Waals surface area contributed by atoms with Crippen LogP contribution in [0.3, 0.4) is 0 Å². The van der Waals surface area contributed by atoms with E-state index in [1.54, 1.807) is 24.3 Å². The molecule has 0 aromatic heterocycles. The third kappa shape index (κ3) is 3.56. The molecule has 2 saturated carbocycles. The highest BCUT2D eigenvalue weighted by Gasteiger charge is 2.61. The van der Waals surface area contributed by atoms with Crippen LogP contribution in [0.25, 0.3) is 0 Å². The Bertz CT molecular complexity index is 1120. The monoisotopic (exact) mass is 469 g/mol. The maximum Gasteiger partial charge on any atom is 0.418 e. The number of halogens is 3. The van der Waals surface area contributed by atoms with Crippen molar-refractivity contribution in [3.05, 3.63) is 65.7 Å². The lowest BCUT2D eigenvalue weighted by atomic mass is 9.64. The van der Waals surface area contributed by atoms with Gasteiger partial charge >= 0.3 is 6.18 Å². The molecule has 4 nitrogen and oxygen atoms in total. The lowest BCUT2D eigenvalue weighted by Gasteiger charge is -2.40. The fourth-order valence-corrected chi connectivity index (χ4v) is 6.57. The lowest BCUT2D eigenvalue weighted by Crippen LogP contribution is -2.37. The number of ether oxygens (including phenoxy) is 2. The second-order valence-electron chi connectivity index (χ2n) is 9.95. The maximum atomic E-state index is 14.0. The van der Waals surface area contributed by atoms with E-state index in [9.17, 15) is 18.0 Å². The molecule has 34 heavy (non-hydrogen) atoms. The van der Waals surface area contributed by atoms with E-state index in [1.807, 2.05) is 4.90 Å². The van der Waals surface area contributed by atoms with Crippen molar-refractivity contribution in [1.29, 1.82) is 0 Å². The van der Waals surface area contributed by atoms with Crippen molar-refractivity contribution in [2.45, 2.75) is 12.6 Å². The van der Waals surface area contributed by atoms with E-state index in [4.69, 9.17) is 9.47 Å². The second-order valence-corrected chi connectivity index (χ2v) is 9.95. The van der Waals surface area contributed by atoms with Gasteiger partial charge in [0.25, 0.3) is 0 Å². The molecule has 0 unspecified atom stereocenters. The third-order valence-corrected chi connectivity index (χ3v) is 8.23. The molecule has 0 radical (unpaired) electrons. The van der Waals surface area contributed by atoms with Crippen LogP contribution >= 0.6 is 0 Å². The van der Waals surface area contributed by atoms with Gasteiger partial charge in [0.05, 0.1) is 12.7 Å². The van der Waals surface area contributed by atoms with Crippen LogP contribution in [0.4, 0.5) is 18.9 Å². The highest BCUT2D eigenvalue weighted by Crippen LogP contribution is 2.65. The van der Waals surface area contributed by atoms with Crippen molar-refractivity contribution >= 4 is 11.5 Å². The molecule has 4 aliphatic carbocycles. The van der Waals surface area contributed by atoms with E-state index >= 15 is 0 Å². The Morgan fingerprint density at radius 3 is 2.15 bits per heavy atom. The van der Waals surface area contributed by atoms with Crippen LogP contribution in [0, 0.1) is 35.5 Å². The Kier molecular flexibility index (Phi) is 4.94. The summed E-state index contributed by atoms with van der Waals surface area (Å²) in [5, 5.41) is 0. The van der Waals surface area contributed by atoms with Gasteiger partial charge < -0.3 is 14.4 Å². The van der Waals surface area contributed by atoms with Crippen LogP contribution < -0.4 is 14.4 Å². The Morgan fingerprint density at radius 2 is 1.56 bits per heavy atom. The Labute approximate surface area is 196 Å². The minimum absolute atomic E-state index is 0.0394. The van der Waals surface area contributed by atoms with E-state index in [1.165, 1.54) is 25.7 Å². The number of alkyl halides is 3. The molecule has 0 N–H and O–H groups in total. The van der Waals surface area contributed by atoms with Gasteiger partial charge in [0.1, 0.15) is 11.5 Å². The highest BCUT2D eigenvalue weighted by atomic mass is 19.4. The zero-order valence-electron chi connectivity index (χ0n) is 18.8. The van der Waals surface area contributed by atoms with Crippen molar-refractivity contribution in [2.75, 3.05) is 31.7 Å². The summed E-state index contributed by atoms with van der Waals surface area (Å²) in [5.41, 5.74) is -0.0794. The molecule has 0 amide bonds. The summed E-state index contributed by atoms with van der Waals surface area (Å²) in [5.74, 6) is 3.76. The Hall–Kier alpha value is -2.96. The van der Waals surface area contributed by atoms with Gasteiger partial charge in [-0.2, -0.15) is 13.2 Å². The molecule has 7 heteroatoms. The van der Waals surface area contributed by atoms with Gasteiger partial charge in [-0.15, -0.1) is 0 Å². The molecule has 1 saturated heterocycles. The molecule has 2 bridgehead atoms. The molecule has 1 heterocycles. The summed E-state index contributed by atoms with van der Waals surface area (Å²) < 4.78 is 52.7. The average molecular weight is 470 g/mol. The van der Waals surface area contributed by atoms with Gasteiger partial charge in [0.2, 0.25) is 0 Å². The number of allylic oxidation sites excluding steroid dienone is 2. The van der Waals surface area contributed by atoms with Crippen LogP contribution in [-0.4, -0.2) is 32.6 Å². The topological polar surface area (TPSA) is 38.8 Å². The average Bonchev–Trinajstić information content (AvgIpc) is 3.54. The van der Waals surface area contributed by atoms with Crippen LogP contribution in [0.2, 0.25) is 0 Å². The van der Waals surface area contributed by atoms with Gasteiger partial charge in [-0.25, -0.2) is 0 Å². The summed E-state index contributed by atoms with van der Waals surface area (Å²) in [7, 11) is 1.53. The van der Waals surface area contributed by atoms with E-state index in [2.05, 4.69) is 12.2 Å². The molecule has 5 aliphatic rings. The van der Waals surface area contributed by atoms with Gasteiger partial charge in [0, 0.05) is 24.3 Å². The Balaban J connectivity index is 1.19. The van der Waals surface area contributed by atoms with Gasteiger partial charge in [-0.05, 0) is 84.4 Å². The summed E-state index contributed by atoms with van der Waals surface area (Å²) in [6, 6.07) is 10.6. The molecule has 3 fully saturated rings. The van der Waals surface area contributed by atoms with Crippen molar-refractivity contribution in [1.82, 2.24) is 0 Å². The predicted octanol–water partition coefficient (Wildman–Crippen LogP) is 5.48. The quantitative estimate of drug-likeness (QED) is 0.415. The van der Waals surface area contributed by atoms with Crippen LogP contribution in [0.1, 0.15) is 22.3 Å². The van der Waals surface area contributed by atoms with Crippen LogP contribution in [-0.2, 0) is 6.18 Å². The van der Waals surface area contributed by atoms with E-state index < -0.39 is 11.7 Å². The van der Waals surface area contributed by atoms with Crippen molar-refractivity contribution in [2.24, 2.45) is 35.5 Å². The smallest absolute Gasteiger partial charge is 0.418 e. The van der Waals surface area contributed by atoms with Crippen molar-refractivity contribution in [3.8, 4) is 11.5 Å². The molecule has 178 valence electrons. The number of hydrogen-bond donors (Lipinski definition) is 0. The van der Waals surface area contributed by atoms with Crippen molar-refractivity contribution < 1.29 is 27.4 Å². The fourth-order valence-electron chi connectivity index (χ4n) is 6.57. The first-order valence-electron chi connectivity index (χ1n) is 11.8. The number of carbonyl (C=O) groups excluding carboxylic acids is 1. The van der Waals surface area contributed by atoms with Gasteiger partial charge in [0.15, 0.2) is 12.4 Å². The third-order valence-electron chi connectivity index (χ3n) is 8.23. The summed E-state index contributed by atoms with van der Waals surface area (Å²) >= 11 is 0. The number of anilines is 1. The van der Waals surface area contributed by atoms with Gasteiger partial charge in [-0.3, -0.25) is 4.79 Å². The molecule has 1 aliphatic heterocycles. The number of nitrogens with zero attached hydrogens (tertiary/aromatic N) is 1. The SMILES string of the molecule is COc1ccc(C(=O)COc2ccc(N3C[C@@H]4[C@@H]5C=C[C@@H]([C@H]6C[C@@H]56)[C@@H]4C3)c(C(F)(F)F)c2)cc1. The summed E-state index contributed by atoms with van der Waals surface area (Å²) in [4.78, 5) is 14.3. The molecule has 2 aromatic carbocycles. The number of carbonyl (C=O) groups is 1. The van der Waals surface area contributed by atoms with Crippen molar-refractivity contribution in [3.63, 3.8) is 0 Å². The highest BCUT2D eigenvalue weighted by molar-refractivity contribution is 5.97. The van der Waals surface area contributed by atoms with E-state index in [-0.39, 0.29) is 23.8 Å². The van der Waals surface area contributed by atoms with E-state index in [0.717, 1.165) is 17.9 Å². The second kappa shape index (κ2) is 7.79. The van der Waals surface area contributed by atoms with E-state index in [0.29, 0.717) is 48.1 Å². The van der Waals surface area contributed by atoms with Crippen LogP contribution in [0.15, 0.2) is 54.6 Å². The number of ketones is 1. The molecular weight excluding hydrogens is 443 g/mol. The lowest BCUT2D eigenvalue weighted by molar-refractivity contribution is -0.137.